The molecule has 1 radical (unpaired) electrons. The van der Waals surface area contributed by atoms with Crippen LogP contribution < -0.4 is 0 Å². The van der Waals surface area contributed by atoms with Crippen LogP contribution in [0.25, 0.3) is 46.4 Å². The van der Waals surface area contributed by atoms with E-state index in [1.165, 1.54) is 0 Å². The normalized spacial score (nSPS) is 11.1. The van der Waals surface area contributed by atoms with Crippen molar-refractivity contribution in [2.24, 2.45) is 0 Å². The van der Waals surface area contributed by atoms with Crippen molar-refractivity contribution in [2.75, 3.05) is 0 Å². The van der Waals surface area contributed by atoms with Crippen LogP contribution in [0.2, 0.25) is 0 Å². The molecule has 7 heteroatoms. The zero-order chi connectivity index (χ0) is 18.6. The molecule has 28 heavy (non-hydrogen) atoms. The summed E-state index contributed by atoms with van der Waals surface area (Å²) in [5.74, 6) is 0. The fraction of sp³-hybridized carbons (Fsp3) is 0. The molecule has 0 amide bonds. The van der Waals surface area contributed by atoms with Crippen molar-refractivity contribution in [1.82, 2.24) is 19.9 Å². The zero-order valence-corrected chi connectivity index (χ0v) is 15.5. The Kier molecular flexibility index (Phi) is 5.81. The molecular weight excluding hydrogens is 399 g/mol. The summed E-state index contributed by atoms with van der Waals surface area (Å²) in [5, 5.41) is 0. The molecule has 2 aliphatic heterocycles. The Labute approximate surface area is 170 Å². The summed E-state index contributed by atoms with van der Waals surface area (Å²) in [5.41, 5.74) is 7.86. The number of hydrogen-bond donors (Lipinski definition) is 2. The van der Waals surface area contributed by atoms with Crippen LogP contribution in [-0.2, 0) is 26.4 Å². The number of nitrogens with one attached hydrogen (secondary N) is 2. The third kappa shape index (κ3) is 4.42. The quantitative estimate of drug-likeness (QED) is 0.400. The van der Waals surface area contributed by atoms with E-state index < -0.39 is 0 Å². The van der Waals surface area contributed by atoms with Crippen LogP contribution in [0, 0.1) is 0 Å². The first kappa shape index (κ1) is 19.3. The number of nitrogens with zero attached hydrogens (tertiary/aromatic N) is 2. The molecule has 0 spiro atoms. The molecular formula is C21H14CoN4O2. The molecule has 0 aromatic carbocycles. The van der Waals surface area contributed by atoms with Crippen molar-refractivity contribution in [3.63, 3.8) is 0 Å². The summed E-state index contributed by atoms with van der Waals surface area (Å²) in [6.45, 7) is 0. The van der Waals surface area contributed by atoms with Crippen molar-refractivity contribution in [2.45, 2.75) is 0 Å². The van der Waals surface area contributed by atoms with Gasteiger partial charge in [-0.3, -0.25) is 0 Å². The van der Waals surface area contributed by atoms with Gasteiger partial charge in [0, 0.05) is 38.8 Å². The van der Waals surface area contributed by atoms with Crippen LogP contribution in [0.1, 0.15) is 22.8 Å². The number of fused-ring (bicyclic) bond motifs is 8. The van der Waals surface area contributed by atoms with Gasteiger partial charge in [-0.1, -0.05) is 0 Å². The first-order valence-corrected chi connectivity index (χ1v) is 8.25. The maximum Gasteiger partial charge on any atom is 0.373 e. The maximum absolute atomic E-state index is 8.12. The smallest absolute Gasteiger partial charge is 0.355 e. The molecule has 139 valence electrons. The van der Waals surface area contributed by atoms with Crippen LogP contribution >= 0.6 is 0 Å². The maximum atomic E-state index is 8.12. The second kappa shape index (κ2) is 8.45. The molecule has 8 bridgehead atoms. The van der Waals surface area contributed by atoms with Crippen LogP contribution in [0.5, 0.6) is 0 Å². The third-order valence-corrected chi connectivity index (χ3v) is 4.04. The van der Waals surface area contributed by atoms with Crippen LogP contribution in [0.4, 0.5) is 0 Å². The predicted molar refractivity (Wildman–Crippen MR) is 104 cm³/mol. The topological polar surface area (TPSA) is 91.5 Å². The third-order valence-electron chi connectivity index (χ3n) is 4.04. The van der Waals surface area contributed by atoms with E-state index in [-0.39, 0.29) is 22.9 Å². The van der Waals surface area contributed by atoms with E-state index in [1.54, 1.807) is 0 Å². The molecule has 0 saturated heterocycles. The van der Waals surface area contributed by atoms with Gasteiger partial charge in [0.1, 0.15) is 0 Å². The molecule has 5 rings (SSSR count). The molecule has 2 N–H and O–H groups in total. The Balaban J connectivity index is 0.000000531. The van der Waals surface area contributed by atoms with E-state index in [4.69, 9.17) is 9.59 Å². The number of hydrogen-bond acceptors (Lipinski definition) is 4. The minimum Gasteiger partial charge on any atom is -0.355 e. The van der Waals surface area contributed by atoms with Gasteiger partial charge < -0.3 is 9.97 Å². The molecule has 5 heterocycles. The van der Waals surface area contributed by atoms with E-state index in [1.807, 2.05) is 42.5 Å². The fourth-order valence-corrected chi connectivity index (χ4v) is 2.94. The molecule has 0 aliphatic carbocycles. The molecule has 0 unspecified atom stereocenters. The van der Waals surface area contributed by atoms with Gasteiger partial charge in [-0.15, -0.1) is 0 Å². The van der Waals surface area contributed by atoms with Crippen molar-refractivity contribution in [3.05, 3.63) is 71.3 Å². The molecule has 0 saturated carbocycles. The van der Waals surface area contributed by atoms with E-state index in [2.05, 4.69) is 50.3 Å². The molecule has 3 aromatic heterocycles. The van der Waals surface area contributed by atoms with Crippen LogP contribution in [0.15, 0.2) is 48.5 Å². The Morgan fingerprint density at radius 1 is 0.571 bits per heavy atom. The Morgan fingerprint density at radius 3 is 1.29 bits per heavy atom. The van der Waals surface area contributed by atoms with Gasteiger partial charge in [0.2, 0.25) is 0 Å². The number of aromatic amines is 2. The zero-order valence-electron chi connectivity index (χ0n) is 14.5. The summed E-state index contributed by atoms with van der Waals surface area (Å²) in [7, 11) is 0. The van der Waals surface area contributed by atoms with Crippen molar-refractivity contribution < 1.29 is 26.4 Å². The number of carbonyl (C=O) groups excluding carboxylic acids is 2. The SMILES string of the molecule is C1=Cc2cc3ccc(cc4ccc(cc5nc(cc1n2)C=C5)[nH]4)[nH]3.O=C=O.[Co]. The van der Waals surface area contributed by atoms with E-state index >= 15 is 0 Å². The average molecular weight is 413 g/mol. The van der Waals surface area contributed by atoms with Crippen molar-refractivity contribution >= 4 is 52.5 Å². The molecule has 2 aliphatic rings. The summed E-state index contributed by atoms with van der Waals surface area (Å²) in [4.78, 5) is 32.3. The molecule has 0 atom stereocenters. The van der Waals surface area contributed by atoms with Gasteiger partial charge >= 0.3 is 6.15 Å². The Hall–Kier alpha value is -3.51. The van der Waals surface area contributed by atoms with Gasteiger partial charge in [-0.2, -0.15) is 9.59 Å². The van der Waals surface area contributed by atoms with E-state index in [0.717, 1.165) is 44.8 Å². The summed E-state index contributed by atoms with van der Waals surface area (Å²) in [6.07, 6.45) is 8.30. The molecule has 3 aromatic rings. The minimum absolute atomic E-state index is 0. The monoisotopic (exact) mass is 413 g/mol. The number of H-pyrrole nitrogens is 2. The van der Waals surface area contributed by atoms with Gasteiger partial charge in [0.25, 0.3) is 0 Å². The predicted octanol–water partition coefficient (Wildman–Crippen LogP) is 4.07. The summed E-state index contributed by atoms with van der Waals surface area (Å²) < 4.78 is 0. The second-order valence-electron chi connectivity index (χ2n) is 5.99. The second-order valence-corrected chi connectivity index (χ2v) is 5.99. The standard InChI is InChI=1S/C20H14N4.CO2.Co/c1-2-14-10-16-5-6-18(23-16)12-20-8-7-19(24-20)11-17-4-3-15(22-17)9-13(1)21-14;2-1-3;/h1-12,21-22H;;. The number of aromatic nitrogens is 4. The van der Waals surface area contributed by atoms with Gasteiger partial charge in [0.05, 0.1) is 22.8 Å². The summed E-state index contributed by atoms with van der Waals surface area (Å²) >= 11 is 0. The van der Waals surface area contributed by atoms with E-state index in [0.29, 0.717) is 0 Å². The van der Waals surface area contributed by atoms with Gasteiger partial charge in [0.15, 0.2) is 0 Å². The Bertz CT molecular complexity index is 1170. The first-order valence-electron chi connectivity index (χ1n) is 8.25. The van der Waals surface area contributed by atoms with Crippen LogP contribution in [0.3, 0.4) is 0 Å². The van der Waals surface area contributed by atoms with Crippen LogP contribution in [-0.4, -0.2) is 26.1 Å². The Morgan fingerprint density at radius 2 is 0.893 bits per heavy atom. The largest absolute Gasteiger partial charge is 0.373 e. The fourth-order valence-electron chi connectivity index (χ4n) is 2.94. The van der Waals surface area contributed by atoms with Crippen molar-refractivity contribution in [3.8, 4) is 0 Å². The first-order chi connectivity index (χ1) is 13.2. The van der Waals surface area contributed by atoms with E-state index in [9.17, 15) is 0 Å². The summed E-state index contributed by atoms with van der Waals surface area (Å²) in [6, 6.07) is 16.4. The van der Waals surface area contributed by atoms with Gasteiger partial charge in [-0.25, -0.2) is 9.97 Å². The average Bonchev–Trinajstić information content (AvgIpc) is 3.41. The molecule has 0 fully saturated rings. The minimum atomic E-state index is 0. The molecule has 6 nitrogen and oxygen atoms in total. The van der Waals surface area contributed by atoms with Crippen molar-refractivity contribution in [1.29, 1.82) is 0 Å². The van der Waals surface area contributed by atoms with Gasteiger partial charge in [-0.05, 0) is 72.8 Å². The number of rotatable bonds is 0.